The Hall–Kier alpha value is -2.92. The molecule has 28 heavy (non-hydrogen) atoms. The minimum Gasteiger partial charge on any atom is -0.300 e. The molecule has 3 aromatic heterocycles. The van der Waals surface area contributed by atoms with Gasteiger partial charge >= 0.3 is 0 Å². The molecule has 0 fully saturated rings. The quantitative estimate of drug-likeness (QED) is 0.483. The van der Waals surface area contributed by atoms with Gasteiger partial charge in [0.05, 0.1) is 5.75 Å². The maximum atomic E-state index is 13.2. The van der Waals surface area contributed by atoms with Crippen molar-refractivity contribution in [3.05, 3.63) is 47.2 Å². The molecule has 0 atom stereocenters. The summed E-state index contributed by atoms with van der Waals surface area (Å²) in [5.74, 6) is 0.165. The Morgan fingerprint density at radius 1 is 1.14 bits per heavy atom. The van der Waals surface area contributed by atoms with Gasteiger partial charge in [0, 0.05) is 5.56 Å². The summed E-state index contributed by atoms with van der Waals surface area (Å²) >= 11 is 2.64. The van der Waals surface area contributed by atoms with Gasteiger partial charge in [0.1, 0.15) is 15.9 Å². The number of carbonyl (C=O) groups excluding carboxylic acids is 1. The maximum absolute atomic E-state index is 13.2. The van der Waals surface area contributed by atoms with Gasteiger partial charge in [0.15, 0.2) is 11.5 Å². The SMILES string of the molecule is CCc1nnc(NC(=O)CSc2ccc3nnc(-c4ccc(F)cc4)n3n2)s1. The zero-order valence-electron chi connectivity index (χ0n) is 14.7. The van der Waals surface area contributed by atoms with Gasteiger partial charge in [0.25, 0.3) is 0 Å². The number of fused-ring (bicyclic) bond motifs is 1. The summed E-state index contributed by atoms with van der Waals surface area (Å²) < 4.78 is 14.7. The van der Waals surface area contributed by atoms with Crippen LogP contribution < -0.4 is 5.32 Å². The fourth-order valence-corrected chi connectivity index (χ4v) is 3.72. The normalized spacial score (nSPS) is 11.1. The van der Waals surface area contributed by atoms with E-state index in [2.05, 4.69) is 30.8 Å². The molecule has 0 radical (unpaired) electrons. The van der Waals surface area contributed by atoms with Crippen LogP contribution in [0, 0.1) is 5.82 Å². The standard InChI is InChI=1S/C17H14FN7OS2/c1-2-14-21-23-17(28-14)19-13(26)9-27-15-8-7-12-20-22-16(25(12)24-15)10-3-5-11(18)6-4-10/h3-8H,2,9H2,1H3,(H,19,23,26). The predicted octanol–water partition coefficient (Wildman–Crippen LogP) is 3.08. The number of hydrogen-bond acceptors (Lipinski definition) is 8. The number of hydrogen-bond donors (Lipinski definition) is 1. The lowest BCUT2D eigenvalue weighted by molar-refractivity contribution is -0.113. The average molecular weight is 415 g/mol. The fraction of sp³-hybridized carbons (Fsp3) is 0.176. The zero-order chi connectivity index (χ0) is 19.5. The lowest BCUT2D eigenvalue weighted by atomic mass is 10.2. The summed E-state index contributed by atoms with van der Waals surface area (Å²) in [6.07, 6.45) is 0.779. The van der Waals surface area contributed by atoms with Crippen LogP contribution >= 0.6 is 23.1 Å². The van der Waals surface area contributed by atoms with Gasteiger partial charge in [-0.3, -0.25) is 10.1 Å². The molecule has 0 bridgehead atoms. The fourth-order valence-electron chi connectivity index (χ4n) is 2.37. The molecule has 0 unspecified atom stereocenters. The van der Waals surface area contributed by atoms with Crippen molar-refractivity contribution >= 4 is 39.8 Å². The lowest BCUT2D eigenvalue weighted by Gasteiger charge is -2.03. The Balaban J connectivity index is 1.47. The first-order valence-corrected chi connectivity index (χ1v) is 10.2. The minimum atomic E-state index is -0.325. The van der Waals surface area contributed by atoms with Crippen molar-refractivity contribution in [3.8, 4) is 11.4 Å². The van der Waals surface area contributed by atoms with Crippen molar-refractivity contribution in [3.63, 3.8) is 0 Å². The number of thioether (sulfide) groups is 1. The molecule has 4 rings (SSSR count). The highest BCUT2D eigenvalue weighted by Gasteiger charge is 2.12. The van der Waals surface area contributed by atoms with Crippen LogP contribution in [0.1, 0.15) is 11.9 Å². The van der Waals surface area contributed by atoms with Crippen LogP contribution in [-0.2, 0) is 11.2 Å². The number of halogens is 1. The number of rotatable bonds is 6. The topological polar surface area (TPSA) is 98.0 Å². The zero-order valence-corrected chi connectivity index (χ0v) is 16.3. The van der Waals surface area contributed by atoms with Crippen LogP contribution in [0.15, 0.2) is 41.4 Å². The first kappa shape index (κ1) is 18.4. The van der Waals surface area contributed by atoms with Crippen molar-refractivity contribution in [2.24, 2.45) is 0 Å². The molecule has 8 nitrogen and oxygen atoms in total. The van der Waals surface area contributed by atoms with E-state index in [1.807, 2.05) is 6.92 Å². The lowest BCUT2D eigenvalue weighted by Crippen LogP contribution is -2.14. The van der Waals surface area contributed by atoms with Crippen LogP contribution in [0.4, 0.5) is 9.52 Å². The number of nitrogens with one attached hydrogen (secondary N) is 1. The molecule has 3 heterocycles. The van der Waals surface area contributed by atoms with Gasteiger partial charge in [-0.1, -0.05) is 30.0 Å². The summed E-state index contributed by atoms with van der Waals surface area (Å²) in [6, 6.07) is 9.50. The Kier molecular flexibility index (Phi) is 5.26. The third-order valence-corrected chi connectivity index (χ3v) is 5.61. The number of carbonyl (C=O) groups is 1. The molecule has 0 spiro atoms. The van der Waals surface area contributed by atoms with Crippen molar-refractivity contribution in [1.82, 2.24) is 30.0 Å². The third kappa shape index (κ3) is 3.99. The van der Waals surface area contributed by atoms with Gasteiger partial charge in [-0.15, -0.1) is 20.4 Å². The van der Waals surface area contributed by atoms with E-state index in [9.17, 15) is 9.18 Å². The number of anilines is 1. The van der Waals surface area contributed by atoms with Gasteiger partial charge in [-0.05, 0) is 42.8 Å². The minimum absolute atomic E-state index is 0.174. The number of aryl methyl sites for hydroxylation is 1. The van der Waals surface area contributed by atoms with Crippen LogP contribution in [-0.4, -0.2) is 41.7 Å². The van der Waals surface area contributed by atoms with Crippen molar-refractivity contribution < 1.29 is 9.18 Å². The third-order valence-electron chi connectivity index (χ3n) is 3.71. The second kappa shape index (κ2) is 7.98. The molecular formula is C17H14FN7OS2. The second-order valence-corrected chi connectivity index (χ2v) is 7.72. The van der Waals surface area contributed by atoms with Crippen LogP contribution in [0.25, 0.3) is 17.0 Å². The summed E-state index contributed by atoms with van der Waals surface area (Å²) in [5, 5.41) is 25.3. The van der Waals surface area contributed by atoms with Gasteiger partial charge in [-0.25, -0.2) is 4.39 Å². The number of benzene rings is 1. The summed E-state index contributed by atoms with van der Waals surface area (Å²) in [7, 11) is 0. The van der Waals surface area contributed by atoms with Gasteiger partial charge in [-0.2, -0.15) is 9.61 Å². The molecule has 11 heteroatoms. The maximum Gasteiger partial charge on any atom is 0.236 e. The highest BCUT2D eigenvalue weighted by atomic mass is 32.2. The molecule has 1 N–H and O–H groups in total. The van der Waals surface area contributed by atoms with Gasteiger partial charge < -0.3 is 0 Å². The number of nitrogens with zero attached hydrogens (tertiary/aromatic N) is 6. The van der Waals surface area contributed by atoms with E-state index in [1.54, 1.807) is 28.8 Å². The Morgan fingerprint density at radius 3 is 2.71 bits per heavy atom. The van der Waals surface area contributed by atoms with E-state index in [0.29, 0.717) is 27.2 Å². The van der Waals surface area contributed by atoms with Crippen molar-refractivity contribution in [2.45, 2.75) is 18.4 Å². The van der Waals surface area contributed by atoms with E-state index < -0.39 is 0 Å². The van der Waals surface area contributed by atoms with E-state index in [1.165, 1.54) is 35.2 Å². The number of amides is 1. The molecular weight excluding hydrogens is 401 g/mol. The van der Waals surface area contributed by atoms with Crippen molar-refractivity contribution in [1.29, 1.82) is 0 Å². The molecule has 0 aliphatic carbocycles. The summed E-state index contributed by atoms with van der Waals surface area (Å²) in [4.78, 5) is 12.1. The van der Waals surface area contributed by atoms with E-state index >= 15 is 0 Å². The summed E-state index contributed by atoms with van der Waals surface area (Å²) in [6.45, 7) is 1.98. The first-order chi connectivity index (χ1) is 13.6. The molecule has 0 saturated carbocycles. The molecule has 1 amide bonds. The predicted molar refractivity (Wildman–Crippen MR) is 105 cm³/mol. The highest BCUT2D eigenvalue weighted by Crippen LogP contribution is 2.21. The van der Waals surface area contributed by atoms with Crippen molar-refractivity contribution in [2.75, 3.05) is 11.1 Å². The molecule has 0 aliphatic rings. The molecule has 0 saturated heterocycles. The van der Waals surface area contributed by atoms with E-state index in [4.69, 9.17) is 0 Å². The largest absolute Gasteiger partial charge is 0.300 e. The molecule has 4 aromatic rings. The molecule has 142 valence electrons. The van der Waals surface area contributed by atoms with Crippen LogP contribution in [0.3, 0.4) is 0 Å². The Labute approximate surface area is 167 Å². The summed E-state index contributed by atoms with van der Waals surface area (Å²) in [5.41, 5.74) is 1.26. The first-order valence-electron chi connectivity index (χ1n) is 8.36. The monoisotopic (exact) mass is 415 g/mol. The van der Waals surface area contributed by atoms with Gasteiger partial charge in [0.2, 0.25) is 11.0 Å². The van der Waals surface area contributed by atoms with Crippen LogP contribution in [0.2, 0.25) is 0 Å². The number of aromatic nitrogens is 6. The molecule has 1 aromatic carbocycles. The Morgan fingerprint density at radius 2 is 1.96 bits per heavy atom. The van der Waals surface area contributed by atoms with E-state index in [-0.39, 0.29) is 17.5 Å². The average Bonchev–Trinajstić information content (AvgIpc) is 3.33. The second-order valence-electron chi connectivity index (χ2n) is 5.66. The smallest absolute Gasteiger partial charge is 0.236 e. The Bertz CT molecular complexity index is 1130. The highest BCUT2D eigenvalue weighted by molar-refractivity contribution is 7.99. The van der Waals surface area contributed by atoms with E-state index in [0.717, 1.165) is 11.4 Å². The molecule has 0 aliphatic heterocycles. The van der Waals surface area contributed by atoms with Crippen LogP contribution in [0.5, 0.6) is 0 Å².